The van der Waals surface area contributed by atoms with Crippen molar-refractivity contribution in [1.82, 2.24) is 0 Å². The van der Waals surface area contributed by atoms with E-state index in [-0.39, 0.29) is 0 Å². The zero-order chi connectivity index (χ0) is 26.4. The van der Waals surface area contributed by atoms with Gasteiger partial charge in [-0.2, -0.15) is 0 Å². The van der Waals surface area contributed by atoms with Crippen molar-refractivity contribution in [1.29, 1.82) is 0 Å². The van der Waals surface area contributed by atoms with Crippen LogP contribution in [0.1, 0.15) is 125 Å². The summed E-state index contributed by atoms with van der Waals surface area (Å²) in [6.45, 7) is 53.4. The van der Waals surface area contributed by atoms with E-state index in [0.717, 1.165) is 0 Å². The predicted octanol–water partition coefficient (Wildman–Crippen LogP) is 10.7. The summed E-state index contributed by atoms with van der Waals surface area (Å²) in [7, 11) is -7.23. The van der Waals surface area contributed by atoms with Crippen molar-refractivity contribution in [2.75, 3.05) is 0 Å². The van der Waals surface area contributed by atoms with Gasteiger partial charge in [-0.1, -0.05) is 138 Å². The van der Waals surface area contributed by atoms with E-state index < -0.39 is 29.4 Å². The van der Waals surface area contributed by atoms with Crippen LogP contribution in [-0.4, -0.2) is 29.4 Å². The van der Waals surface area contributed by atoms with Gasteiger partial charge in [0.25, 0.3) is 0 Å². The van der Waals surface area contributed by atoms with Crippen LogP contribution in [0.3, 0.4) is 0 Å². The maximum absolute atomic E-state index is 2.93. The van der Waals surface area contributed by atoms with Crippen molar-refractivity contribution in [2.24, 2.45) is 0 Å². The van der Waals surface area contributed by atoms with Gasteiger partial charge >= 0.3 is 0 Å². The fourth-order valence-corrected chi connectivity index (χ4v) is 124. The molecule has 1 aliphatic rings. The summed E-state index contributed by atoms with van der Waals surface area (Å²) in [4.78, 5) is 0. The molecule has 0 spiro atoms. The quantitative estimate of drug-likeness (QED) is 0.324. The van der Waals surface area contributed by atoms with Crippen LogP contribution in [0.25, 0.3) is 0 Å². The molecule has 0 amide bonds. The van der Waals surface area contributed by atoms with Crippen LogP contribution in [0, 0.1) is 0 Å². The van der Waals surface area contributed by atoms with Gasteiger partial charge in [0.2, 0.25) is 0 Å². The summed E-state index contributed by atoms with van der Waals surface area (Å²) in [6, 6.07) is 0. The summed E-state index contributed by atoms with van der Waals surface area (Å²) in [6.07, 6.45) is 0. The molecule has 0 radical (unpaired) electrons. The third-order valence-corrected chi connectivity index (χ3v) is 80.6. The minimum Gasteiger partial charge on any atom is -0.107 e. The predicted molar refractivity (Wildman–Crippen MR) is 162 cm³/mol. The van der Waals surface area contributed by atoms with Gasteiger partial charge in [0.15, 0.2) is 0 Å². The van der Waals surface area contributed by atoms with Crippen molar-refractivity contribution < 1.29 is 0 Å². The molecule has 4 heteroatoms. The topological polar surface area (TPSA) is 0 Å². The Bertz CT molecular complexity index is 599. The Balaban J connectivity index is 4.43. The third-order valence-electron chi connectivity index (χ3n) is 10.1. The number of rotatable bonds is 2. The maximum Gasteiger partial charge on any atom is 0.0655 e. The van der Waals surface area contributed by atoms with Gasteiger partial charge in [-0.05, 0) is 30.2 Å². The molecule has 0 saturated carbocycles. The molecule has 0 saturated heterocycles. The lowest BCUT2D eigenvalue weighted by Crippen LogP contribution is -2.95. The highest BCUT2D eigenvalue weighted by Crippen LogP contribution is 2.74. The van der Waals surface area contributed by atoms with Gasteiger partial charge in [0.1, 0.15) is 0 Å². The Morgan fingerprint density at radius 1 is 0.344 bits per heavy atom. The third kappa shape index (κ3) is 3.42. The first-order valence-corrected chi connectivity index (χ1v) is 25.3. The van der Waals surface area contributed by atoms with E-state index in [2.05, 4.69) is 149 Å². The highest BCUT2D eigenvalue weighted by Gasteiger charge is 2.82. The molecule has 0 bridgehead atoms. The second-order valence-electron chi connectivity index (χ2n) is 17.7. The minimum atomic E-state index is -1.87. The molecule has 0 aliphatic carbocycles. The standard InChI is InChI=1S/C28H62Si4/c1-23(2,3)31(24(4,5)6,25(7,8)9)29(19)21-22-30(29,20)32(26(10,11)12,27(13,14)15)28(16,17)18/h21-22H,1-20H3/t29-,30-/m1/s1. The number of hydrogen-bond donors (Lipinski definition) is 0. The first kappa shape index (κ1) is 30.6. The molecule has 190 valence electrons. The first-order chi connectivity index (χ1) is 13.5. The highest BCUT2D eigenvalue weighted by atomic mass is 29.8. The van der Waals surface area contributed by atoms with Crippen LogP contribution in [0.4, 0.5) is 0 Å². The van der Waals surface area contributed by atoms with Crippen molar-refractivity contribution in [3.05, 3.63) is 11.4 Å². The summed E-state index contributed by atoms with van der Waals surface area (Å²) in [5.74, 6) is 0. The zero-order valence-electron chi connectivity index (χ0n) is 26.2. The molecule has 0 aromatic rings. The summed E-state index contributed by atoms with van der Waals surface area (Å²) in [5.41, 5.74) is 5.86. The van der Waals surface area contributed by atoms with Crippen molar-refractivity contribution in [3.8, 4) is 0 Å². The smallest absolute Gasteiger partial charge is 0.0655 e. The van der Waals surface area contributed by atoms with E-state index in [1.165, 1.54) is 0 Å². The molecule has 1 heterocycles. The summed E-state index contributed by atoms with van der Waals surface area (Å²) in [5, 5.41) is 2.23. The SMILES string of the molecule is CC(C)(C)[Si](C(C)(C)C)(C(C)(C)C)[Si@]1(C)C=C[Si@@]1(C)[Si](C(C)(C)C)(C(C)(C)C)C(C)(C)C. The van der Waals surface area contributed by atoms with Gasteiger partial charge in [0, 0.05) is 0 Å². The molecule has 32 heavy (non-hydrogen) atoms. The molecular formula is C28H62Si4. The molecule has 0 fully saturated rings. The summed E-state index contributed by atoms with van der Waals surface area (Å²) >= 11 is 0. The maximum atomic E-state index is 2.93. The van der Waals surface area contributed by atoms with Gasteiger partial charge in [-0.15, -0.1) is 11.4 Å². The molecule has 1 aliphatic heterocycles. The Labute approximate surface area is 208 Å². The lowest BCUT2D eigenvalue weighted by Gasteiger charge is -2.78. The molecule has 0 aromatic carbocycles. The van der Waals surface area contributed by atoms with E-state index in [9.17, 15) is 0 Å². The van der Waals surface area contributed by atoms with Crippen LogP contribution in [0.15, 0.2) is 11.4 Å². The Hall–Kier alpha value is 0.608. The van der Waals surface area contributed by atoms with Gasteiger partial charge in [-0.25, -0.2) is 0 Å². The average Bonchev–Trinajstić information content (AvgIpc) is 2.36. The normalized spacial score (nSPS) is 26.9. The minimum absolute atomic E-state index is 0.372. The van der Waals surface area contributed by atoms with Crippen molar-refractivity contribution in [2.45, 2.75) is 168 Å². The lowest BCUT2D eigenvalue weighted by molar-refractivity contribution is 0.549. The molecule has 0 N–H and O–H groups in total. The molecule has 0 aromatic heterocycles. The van der Waals surface area contributed by atoms with E-state index >= 15 is 0 Å². The van der Waals surface area contributed by atoms with Crippen LogP contribution in [0.2, 0.25) is 43.3 Å². The Kier molecular flexibility index (Phi) is 7.23. The van der Waals surface area contributed by atoms with E-state index in [4.69, 9.17) is 0 Å². The molecule has 0 nitrogen and oxygen atoms in total. The lowest BCUT2D eigenvalue weighted by atomic mass is 10.2. The molecule has 1 rings (SSSR count). The van der Waals surface area contributed by atoms with E-state index in [1.54, 1.807) is 0 Å². The molecular weight excluding hydrogens is 449 g/mol. The average molecular weight is 511 g/mol. The first-order valence-electron chi connectivity index (χ1n) is 13.2. The van der Waals surface area contributed by atoms with Gasteiger partial charge in [-0.3, -0.25) is 0 Å². The molecule has 0 unspecified atom stereocenters. The van der Waals surface area contributed by atoms with Crippen molar-refractivity contribution in [3.63, 3.8) is 0 Å². The fourth-order valence-electron chi connectivity index (χ4n) is 13.0. The summed E-state index contributed by atoms with van der Waals surface area (Å²) < 4.78 is 0. The van der Waals surface area contributed by atoms with Crippen LogP contribution in [0.5, 0.6) is 0 Å². The molecule has 2 atom stereocenters. The van der Waals surface area contributed by atoms with Crippen LogP contribution >= 0.6 is 0 Å². The fraction of sp³-hybridized carbons (Fsp3) is 0.929. The zero-order valence-corrected chi connectivity index (χ0v) is 30.2. The van der Waals surface area contributed by atoms with E-state index in [0.29, 0.717) is 30.2 Å². The van der Waals surface area contributed by atoms with Crippen molar-refractivity contribution >= 4 is 29.4 Å². The Morgan fingerprint density at radius 3 is 0.531 bits per heavy atom. The van der Waals surface area contributed by atoms with Crippen LogP contribution in [-0.2, 0) is 0 Å². The largest absolute Gasteiger partial charge is 0.107 e. The second-order valence-corrected chi connectivity index (χ2v) is 55.2. The van der Waals surface area contributed by atoms with E-state index in [1.807, 2.05) is 0 Å². The Morgan fingerprint density at radius 2 is 0.469 bits per heavy atom. The monoisotopic (exact) mass is 510 g/mol. The second kappa shape index (κ2) is 7.55. The van der Waals surface area contributed by atoms with Crippen LogP contribution < -0.4 is 0 Å². The van der Waals surface area contributed by atoms with Gasteiger partial charge in [0.05, 0.1) is 29.4 Å². The van der Waals surface area contributed by atoms with Gasteiger partial charge < -0.3 is 0 Å². The highest BCUT2D eigenvalue weighted by molar-refractivity contribution is 7.90. The number of hydrogen-bond acceptors (Lipinski definition) is 0.